The SMILES string of the molecule is CCCCC/C=C\C/C=C\CCCCCCCCCCCC(=O)OCC(O)COP(=O)(O)OCC(NC(=O)CCCCCCCCCCCCCCCCC)C(=O)O. The number of carbonyl (C=O) groups is 3. The van der Waals surface area contributed by atoms with Gasteiger partial charge in [-0.15, -0.1) is 0 Å². The van der Waals surface area contributed by atoms with E-state index < -0.39 is 57.6 Å². The first kappa shape index (κ1) is 56.0. The predicted octanol–water partition coefficient (Wildman–Crippen LogP) is 12.2. The third kappa shape index (κ3) is 40.7. The molecule has 1 amide bonds. The third-order valence-electron chi connectivity index (χ3n) is 10.2. The minimum absolute atomic E-state index is 0.150. The van der Waals surface area contributed by atoms with Crippen molar-refractivity contribution in [1.82, 2.24) is 5.32 Å². The number of hydrogen-bond donors (Lipinski definition) is 4. The van der Waals surface area contributed by atoms with E-state index in [1.807, 2.05) is 0 Å². The van der Waals surface area contributed by atoms with Gasteiger partial charge < -0.3 is 25.2 Å². The molecule has 12 heteroatoms. The van der Waals surface area contributed by atoms with E-state index in [2.05, 4.69) is 43.5 Å². The van der Waals surface area contributed by atoms with Gasteiger partial charge in [0.15, 0.2) is 6.04 Å². The van der Waals surface area contributed by atoms with Crippen molar-refractivity contribution in [3.8, 4) is 0 Å². The van der Waals surface area contributed by atoms with Crippen LogP contribution in [0.1, 0.15) is 219 Å². The number of allylic oxidation sites excluding steroid dienone is 4. The highest BCUT2D eigenvalue weighted by Gasteiger charge is 2.28. The van der Waals surface area contributed by atoms with Gasteiger partial charge in [0.05, 0.1) is 13.2 Å². The molecule has 0 aromatic heterocycles. The van der Waals surface area contributed by atoms with Crippen LogP contribution in [0.15, 0.2) is 24.3 Å². The number of ether oxygens (including phenoxy) is 1. The second-order valence-corrected chi connectivity index (χ2v) is 17.4. The molecule has 0 spiro atoms. The molecule has 0 saturated carbocycles. The maximum absolute atomic E-state index is 12.3. The molecule has 3 atom stereocenters. The van der Waals surface area contributed by atoms with Gasteiger partial charge in [-0.1, -0.05) is 186 Å². The van der Waals surface area contributed by atoms with Crippen molar-refractivity contribution in [2.45, 2.75) is 231 Å². The molecular weight excluding hydrogens is 757 g/mol. The highest BCUT2D eigenvalue weighted by molar-refractivity contribution is 7.47. The zero-order chi connectivity index (χ0) is 42.8. The number of rotatable bonds is 44. The number of aliphatic hydroxyl groups excluding tert-OH is 1. The zero-order valence-electron chi connectivity index (χ0n) is 36.9. The first-order chi connectivity index (χ1) is 28.1. The van der Waals surface area contributed by atoms with Crippen molar-refractivity contribution in [1.29, 1.82) is 0 Å². The predicted molar refractivity (Wildman–Crippen MR) is 236 cm³/mol. The van der Waals surface area contributed by atoms with E-state index in [4.69, 9.17) is 13.8 Å². The van der Waals surface area contributed by atoms with Gasteiger partial charge in [-0.3, -0.25) is 18.6 Å². The highest BCUT2D eigenvalue weighted by Crippen LogP contribution is 2.43. The van der Waals surface area contributed by atoms with E-state index in [-0.39, 0.29) is 12.8 Å². The number of esters is 1. The number of carboxylic acids is 1. The van der Waals surface area contributed by atoms with E-state index in [0.717, 1.165) is 51.4 Å². The van der Waals surface area contributed by atoms with Crippen LogP contribution in [0.2, 0.25) is 0 Å². The summed E-state index contributed by atoms with van der Waals surface area (Å²) in [5.74, 6) is -2.36. The molecule has 0 aliphatic carbocycles. The number of phosphoric acid groups is 1. The van der Waals surface area contributed by atoms with Gasteiger partial charge in [-0.05, 0) is 44.9 Å². The quantitative estimate of drug-likeness (QED) is 0.0200. The summed E-state index contributed by atoms with van der Waals surface area (Å²) in [7, 11) is -4.75. The average molecular weight is 844 g/mol. The summed E-state index contributed by atoms with van der Waals surface area (Å²) in [4.78, 5) is 46.0. The number of nitrogens with one attached hydrogen (secondary N) is 1. The first-order valence-corrected chi connectivity index (χ1v) is 24.9. The van der Waals surface area contributed by atoms with Gasteiger partial charge in [-0.25, -0.2) is 9.36 Å². The number of carboxylic acid groups (broad SMARTS) is 1. The van der Waals surface area contributed by atoms with Gasteiger partial charge in [0.1, 0.15) is 12.7 Å². The summed E-state index contributed by atoms with van der Waals surface area (Å²) < 4.78 is 26.9. The Labute approximate surface area is 353 Å². The Hall–Kier alpha value is -2.04. The van der Waals surface area contributed by atoms with Crippen LogP contribution in [-0.4, -0.2) is 64.9 Å². The molecule has 58 heavy (non-hydrogen) atoms. The number of phosphoric ester groups is 1. The summed E-state index contributed by atoms with van der Waals surface area (Å²) in [5, 5.41) is 21.9. The Kier molecular flexibility index (Phi) is 40.2. The minimum Gasteiger partial charge on any atom is -0.480 e. The Morgan fingerprint density at radius 3 is 1.43 bits per heavy atom. The Morgan fingerprint density at radius 2 is 0.948 bits per heavy atom. The number of aliphatic hydroxyl groups is 1. The number of hydrogen-bond acceptors (Lipinski definition) is 8. The van der Waals surface area contributed by atoms with E-state index in [9.17, 15) is 34.1 Å². The third-order valence-corrected chi connectivity index (χ3v) is 11.2. The Balaban J connectivity index is 3.85. The standard InChI is InChI=1S/C46H86NO10P/c1-3-5-7-9-11-13-15-17-19-20-21-22-24-26-28-30-32-34-36-38-45(50)55-39-42(48)40-56-58(53,54)57-41-43(46(51)52)47-44(49)37-35-33-31-29-27-25-23-18-16-14-12-10-8-6-4-2/h11,13,17,19,42-43,48H,3-10,12,14-16,18,20-41H2,1-2H3,(H,47,49)(H,51,52)(H,53,54)/b13-11-,19-17-. The largest absolute Gasteiger partial charge is 0.480 e. The lowest BCUT2D eigenvalue weighted by molar-refractivity contribution is -0.147. The molecule has 0 aromatic carbocycles. The molecule has 0 rings (SSSR count). The molecule has 0 saturated heterocycles. The van der Waals surface area contributed by atoms with Crippen molar-refractivity contribution in [3.05, 3.63) is 24.3 Å². The van der Waals surface area contributed by atoms with Gasteiger partial charge in [0.2, 0.25) is 5.91 Å². The summed E-state index contributed by atoms with van der Waals surface area (Å²) in [6.45, 7) is 2.59. The molecule has 0 aliphatic heterocycles. The molecule has 0 bridgehead atoms. The van der Waals surface area contributed by atoms with E-state index in [1.165, 1.54) is 128 Å². The van der Waals surface area contributed by atoms with Crippen LogP contribution >= 0.6 is 7.82 Å². The molecule has 0 radical (unpaired) electrons. The van der Waals surface area contributed by atoms with Crippen LogP contribution in [0.5, 0.6) is 0 Å². The lowest BCUT2D eigenvalue weighted by Gasteiger charge is -2.18. The van der Waals surface area contributed by atoms with E-state index >= 15 is 0 Å². The molecule has 3 unspecified atom stereocenters. The lowest BCUT2D eigenvalue weighted by atomic mass is 10.0. The van der Waals surface area contributed by atoms with Crippen molar-refractivity contribution in [2.24, 2.45) is 0 Å². The minimum atomic E-state index is -4.75. The van der Waals surface area contributed by atoms with Crippen LogP contribution in [0.4, 0.5) is 0 Å². The second kappa shape index (κ2) is 41.7. The number of unbranched alkanes of at least 4 members (excludes halogenated alkanes) is 26. The summed E-state index contributed by atoms with van der Waals surface area (Å²) in [6.07, 6.45) is 43.4. The van der Waals surface area contributed by atoms with Crippen LogP contribution in [0.25, 0.3) is 0 Å². The van der Waals surface area contributed by atoms with Crippen LogP contribution in [-0.2, 0) is 32.7 Å². The number of aliphatic carboxylic acids is 1. The van der Waals surface area contributed by atoms with Crippen LogP contribution < -0.4 is 5.32 Å². The van der Waals surface area contributed by atoms with Gasteiger partial charge >= 0.3 is 19.8 Å². The maximum Gasteiger partial charge on any atom is 0.472 e. The maximum atomic E-state index is 12.3. The summed E-state index contributed by atoms with van der Waals surface area (Å²) in [5.41, 5.74) is 0. The fourth-order valence-corrected chi connectivity index (χ4v) is 7.35. The summed E-state index contributed by atoms with van der Waals surface area (Å²) >= 11 is 0. The molecule has 11 nitrogen and oxygen atoms in total. The van der Waals surface area contributed by atoms with Gasteiger partial charge in [0.25, 0.3) is 0 Å². The topological polar surface area (TPSA) is 169 Å². The van der Waals surface area contributed by atoms with Crippen LogP contribution in [0.3, 0.4) is 0 Å². The van der Waals surface area contributed by atoms with Crippen molar-refractivity contribution in [3.63, 3.8) is 0 Å². The van der Waals surface area contributed by atoms with E-state index in [0.29, 0.717) is 12.8 Å². The number of carbonyl (C=O) groups excluding carboxylic acids is 2. The molecule has 0 aromatic rings. The zero-order valence-corrected chi connectivity index (χ0v) is 37.8. The molecule has 0 heterocycles. The smallest absolute Gasteiger partial charge is 0.472 e. The monoisotopic (exact) mass is 844 g/mol. The van der Waals surface area contributed by atoms with Gasteiger partial charge in [0, 0.05) is 12.8 Å². The molecule has 340 valence electrons. The molecule has 0 fully saturated rings. The van der Waals surface area contributed by atoms with Crippen molar-refractivity contribution in [2.75, 3.05) is 19.8 Å². The van der Waals surface area contributed by atoms with Crippen molar-refractivity contribution < 1.29 is 47.8 Å². The summed E-state index contributed by atoms with van der Waals surface area (Å²) in [6, 6.07) is -1.54. The first-order valence-electron chi connectivity index (χ1n) is 23.4. The Morgan fingerprint density at radius 1 is 0.552 bits per heavy atom. The molecular formula is C46H86NO10P. The van der Waals surface area contributed by atoms with E-state index in [1.54, 1.807) is 0 Å². The van der Waals surface area contributed by atoms with Crippen molar-refractivity contribution >= 4 is 25.7 Å². The molecule has 0 aliphatic rings. The highest BCUT2D eigenvalue weighted by atomic mass is 31.2. The average Bonchev–Trinajstić information content (AvgIpc) is 3.20. The second-order valence-electron chi connectivity index (χ2n) is 15.9. The number of amides is 1. The van der Waals surface area contributed by atoms with Crippen LogP contribution in [0, 0.1) is 0 Å². The fraction of sp³-hybridized carbons (Fsp3) is 0.848. The van der Waals surface area contributed by atoms with Gasteiger partial charge in [-0.2, -0.15) is 0 Å². The normalized spacial score (nSPS) is 13.9. The lowest BCUT2D eigenvalue weighted by Crippen LogP contribution is -2.43. The fourth-order valence-electron chi connectivity index (χ4n) is 6.58. The molecule has 4 N–H and O–H groups in total. The Bertz CT molecular complexity index is 1080.